The molecule has 0 radical (unpaired) electrons. The summed E-state index contributed by atoms with van der Waals surface area (Å²) in [4.78, 5) is 6.58. The van der Waals surface area contributed by atoms with Gasteiger partial charge in [0.05, 0.1) is 10.2 Å². The van der Waals surface area contributed by atoms with Crippen LogP contribution in [0.1, 0.15) is 19.3 Å². The quantitative estimate of drug-likeness (QED) is 0.783. The highest BCUT2D eigenvalue weighted by Gasteiger charge is 2.25. The van der Waals surface area contributed by atoms with Crippen molar-refractivity contribution in [2.75, 3.05) is 16.8 Å². The Labute approximate surface area is 107 Å². The fourth-order valence-corrected chi connectivity index (χ4v) is 2.75. The summed E-state index contributed by atoms with van der Waals surface area (Å²) in [6.45, 7) is 1.06. The fourth-order valence-electron chi connectivity index (χ4n) is 1.89. The molecule has 0 N–H and O–H groups in total. The number of hydrogen-bond donors (Lipinski definition) is 0. The van der Waals surface area contributed by atoms with E-state index in [0.29, 0.717) is 0 Å². The molecule has 1 aliphatic rings. The number of alkyl halides is 1. The number of rotatable bonds is 4. The van der Waals surface area contributed by atoms with Crippen molar-refractivity contribution in [2.24, 2.45) is 0 Å². The molecule has 1 heterocycles. The molecule has 1 saturated carbocycles. The van der Waals surface area contributed by atoms with Gasteiger partial charge in [0.2, 0.25) is 0 Å². The number of hydrogen-bond acceptors (Lipinski definition) is 2. The molecule has 0 atom stereocenters. The monoisotopic (exact) mass is 332 g/mol. The van der Waals surface area contributed by atoms with Crippen LogP contribution in [0.25, 0.3) is 0 Å². The van der Waals surface area contributed by atoms with E-state index < -0.39 is 0 Å². The summed E-state index contributed by atoms with van der Waals surface area (Å²) in [5.41, 5.74) is 1.27. The Kier molecular flexibility index (Phi) is 4.03. The van der Waals surface area contributed by atoms with Gasteiger partial charge < -0.3 is 4.90 Å². The van der Waals surface area contributed by atoms with Crippen LogP contribution in [0.5, 0.6) is 0 Å². The zero-order valence-corrected chi connectivity index (χ0v) is 11.7. The van der Waals surface area contributed by atoms with Gasteiger partial charge in [0.1, 0.15) is 0 Å². The molecule has 4 heteroatoms. The normalized spacial score (nSPS) is 16.1. The highest BCUT2D eigenvalue weighted by Crippen LogP contribution is 2.33. The summed E-state index contributed by atoms with van der Waals surface area (Å²) >= 11 is 7.09. The second-order valence-electron chi connectivity index (χ2n) is 3.79. The summed E-state index contributed by atoms with van der Waals surface area (Å²) in [6, 6.07) is 2.81. The smallest absolute Gasteiger partial charge is 0.0592 e. The lowest BCUT2D eigenvalue weighted by molar-refractivity contribution is 0.391. The lowest BCUT2D eigenvalue weighted by atomic mass is 9.91. The van der Waals surface area contributed by atoms with Crippen LogP contribution in [-0.4, -0.2) is 22.9 Å². The first kappa shape index (κ1) is 11.4. The van der Waals surface area contributed by atoms with Gasteiger partial charge in [0.25, 0.3) is 0 Å². The standard InChI is InChI=1S/C11H14Br2N2/c12-5-7-15(9-2-1-3-9)11-4-6-14-8-10(11)13/h4,6,8-9H,1-3,5,7H2. The van der Waals surface area contributed by atoms with Gasteiger partial charge in [-0.1, -0.05) is 15.9 Å². The van der Waals surface area contributed by atoms with Crippen molar-refractivity contribution in [3.63, 3.8) is 0 Å². The molecule has 0 amide bonds. The second kappa shape index (κ2) is 5.30. The van der Waals surface area contributed by atoms with Gasteiger partial charge in [-0.15, -0.1) is 0 Å². The summed E-state index contributed by atoms with van der Waals surface area (Å²) in [5.74, 6) is 0. The summed E-state index contributed by atoms with van der Waals surface area (Å²) < 4.78 is 1.10. The van der Waals surface area contributed by atoms with Crippen LogP contribution in [0.2, 0.25) is 0 Å². The molecule has 1 aromatic rings. The summed E-state index contributed by atoms with van der Waals surface area (Å²) in [5, 5.41) is 1.01. The molecule has 2 rings (SSSR count). The minimum Gasteiger partial charge on any atom is -0.367 e. The van der Waals surface area contributed by atoms with Crippen molar-refractivity contribution in [1.82, 2.24) is 4.98 Å². The Morgan fingerprint density at radius 3 is 2.80 bits per heavy atom. The summed E-state index contributed by atoms with van der Waals surface area (Å²) in [7, 11) is 0. The average Bonchev–Trinajstić information content (AvgIpc) is 2.15. The highest BCUT2D eigenvalue weighted by molar-refractivity contribution is 9.10. The van der Waals surface area contributed by atoms with E-state index in [2.05, 4.69) is 47.8 Å². The number of pyridine rings is 1. The Morgan fingerprint density at radius 1 is 1.47 bits per heavy atom. The Bertz CT molecular complexity index is 326. The van der Waals surface area contributed by atoms with E-state index in [9.17, 15) is 0 Å². The molecular weight excluding hydrogens is 320 g/mol. The topological polar surface area (TPSA) is 16.1 Å². The minimum absolute atomic E-state index is 0.723. The molecule has 15 heavy (non-hydrogen) atoms. The van der Waals surface area contributed by atoms with Gasteiger partial charge >= 0.3 is 0 Å². The van der Waals surface area contributed by atoms with E-state index in [1.807, 2.05) is 12.4 Å². The van der Waals surface area contributed by atoms with Gasteiger partial charge in [0.15, 0.2) is 0 Å². The zero-order chi connectivity index (χ0) is 10.7. The zero-order valence-electron chi connectivity index (χ0n) is 8.50. The first-order chi connectivity index (χ1) is 7.33. The first-order valence-corrected chi connectivity index (χ1v) is 7.16. The van der Waals surface area contributed by atoms with Crippen LogP contribution >= 0.6 is 31.9 Å². The number of halogens is 2. The van der Waals surface area contributed by atoms with Gasteiger partial charge in [0, 0.05) is 30.3 Å². The van der Waals surface area contributed by atoms with Crippen molar-refractivity contribution in [2.45, 2.75) is 25.3 Å². The third-order valence-corrected chi connectivity index (χ3v) is 3.87. The predicted octanol–water partition coefficient (Wildman–Crippen LogP) is 3.60. The van der Waals surface area contributed by atoms with E-state index in [4.69, 9.17) is 0 Å². The maximum absolute atomic E-state index is 4.11. The van der Waals surface area contributed by atoms with Crippen LogP contribution in [0.15, 0.2) is 22.9 Å². The fraction of sp³-hybridized carbons (Fsp3) is 0.545. The minimum atomic E-state index is 0.723. The van der Waals surface area contributed by atoms with Gasteiger partial charge in [-0.25, -0.2) is 0 Å². The van der Waals surface area contributed by atoms with Gasteiger partial charge in [-0.05, 0) is 41.3 Å². The molecule has 0 spiro atoms. The van der Waals surface area contributed by atoms with Crippen LogP contribution in [0.3, 0.4) is 0 Å². The Balaban J connectivity index is 2.19. The molecule has 0 aromatic carbocycles. The maximum atomic E-state index is 4.11. The largest absolute Gasteiger partial charge is 0.367 e. The molecule has 0 bridgehead atoms. The highest BCUT2D eigenvalue weighted by atomic mass is 79.9. The van der Waals surface area contributed by atoms with Crippen molar-refractivity contribution in [3.05, 3.63) is 22.9 Å². The molecular formula is C11H14Br2N2. The third kappa shape index (κ3) is 2.53. The van der Waals surface area contributed by atoms with Crippen LogP contribution in [0, 0.1) is 0 Å². The molecule has 0 aliphatic heterocycles. The molecule has 82 valence electrons. The number of nitrogens with zero attached hydrogens (tertiary/aromatic N) is 2. The first-order valence-electron chi connectivity index (χ1n) is 5.25. The maximum Gasteiger partial charge on any atom is 0.0592 e. The SMILES string of the molecule is BrCCN(c1ccncc1Br)C1CCC1. The van der Waals surface area contributed by atoms with E-state index in [-0.39, 0.29) is 0 Å². The van der Waals surface area contributed by atoms with Crippen molar-refractivity contribution in [1.29, 1.82) is 0 Å². The van der Waals surface area contributed by atoms with Crippen molar-refractivity contribution in [3.8, 4) is 0 Å². The molecule has 1 aliphatic carbocycles. The molecule has 0 unspecified atom stereocenters. The van der Waals surface area contributed by atoms with Crippen molar-refractivity contribution < 1.29 is 0 Å². The van der Waals surface area contributed by atoms with E-state index in [0.717, 1.165) is 22.4 Å². The third-order valence-electron chi connectivity index (χ3n) is 2.90. The average molecular weight is 334 g/mol. The Hall–Kier alpha value is -0.0900. The van der Waals surface area contributed by atoms with E-state index in [1.165, 1.54) is 24.9 Å². The lowest BCUT2D eigenvalue weighted by Gasteiger charge is -2.39. The van der Waals surface area contributed by atoms with Gasteiger partial charge in [-0.2, -0.15) is 0 Å². The number of aromatic nitrogens is 1. The van der Waals surface area contributed by atoms with Crippen LogP contribution < -0.4 is 4.90 Å². The molecule has 2 nitrogen and oxygen atoms in total. The van der Waals surface area contributed by atoms with Crippen molar-refractivity contribution >= 4 is 37.5 Å². The molecule has 0 saturated heterocycles. The lowest BCUT2D eigenvalue weighted by Crippen LogP contribution is -2.41. The summed E-state index contributed by atoms with van der Waals surface area (Å²) in [6.07, 6.45) is 7.74. The van der Waals surface area contributed by atoms with Crippen LogP contribution in [0.4, 0.5) is 5.69 Å². The molecule has 1 fully saturated rings. The molecule has 1 aromatic heterocycles. The Morgan fingerprint density at radius 2 is 2.27 bits per heavy atom. The second-order valence-corrected chi connectivity index (χ2v) is 5.44. The van der Waals surface area contributed by atoms with Crippen LogP contribution in [-0.2, 0) is 0 Å². The predicted molar refractivity (Wildman–Crippen MR) is 70.7 cm³/mol. The number of anilines is 1. The van der Waals surface area contributed by atoms with Gasteiger partial charge in [-0.3, -0.25) is 4.98 Å². The van der Waals surface area contributed by atoms with E-state index in [1.54, 1.807) is 0 Å². The van der Waals surface area contributed by atoms with E-state index >= 15 is 0 Å².